The highest BCUT2D eigenvalue weighted by Crippen LogP contribution is 2.44. The summed E-state index contributed by atoms with van der Waals surface area (Å²) in [6.45, 7) is 8.00. The van der Waals surface area contributed by atoms with Crippen molar-refractivity contribution < 1.29 is 14.1 Å². The number of fused-ring (bicyclic) bond motifs is 4. The van der Waals surface area contributed by atoms with E-state index in [0.717, 1.165) is 35.7 Å². The molecule has 1 amide bonds. The molecule has 2 aromatic heterocycles. The number of aromatic nitrogens is 2. The number of likely N-dealkylation sites (tertiary alicyclic amines) is 1. The van der Waals surface area contributed by atoms with Crippen molar-refractivity contribution in [1.82, 2.24) is 14.6 Å². The number of carbonyl (C=O) groups excluding carboxylic acids is 1. The maximum absolute atomic E-state index is 13.0. The van der Waals surface area contributed by atoms with Crippen LogP contribution in [-0.2, 0) is 5.54 Å². The highest BCUT2D eigenvalue weighted by Gasteiger charge is 2.42. The zero-order valence-corrected chi connectivity index (χ0v) is 18.2. The Hall–Kier alpha value is -3.22. The van der Waals surface area contributed by atoms with Gasteiger partial charge in [-0.05, 0) is 49.9 Å². The molecule has 162 valence electrons. The van der Waals surface area contributed by atoms with Crippen LogP contribution < -0.4 is 10.1 Å². The molecule has 5 rings (SSSR count). The van der Waals surface area contributed by atoms with E-state index >= 15 is 0 Å². The van der Waals surface area contributed by atoms with Gasteiger partial charge < -0.3 is 24.0 Å². The Labute approximate surface area is 182 Å². The van der Waals surface area contributed by atoms with Crippen LogP contribution in [0.3, 0.4) is 0 Å². The van der Waals surface area contributed by atoms with E-state index in [1.54, 1.807) is 6.07 Å². The van der Waals surface area contributed by atoms with E-state index in [2.05, 4.69) is 45.5 Å². The summed E-state index contributed by atoms with van der Waals surface area (Å²) in [4.78, 5) is 14.8. The topological polar surface area (TPSA) is 72.5 Å². The normalized spacial score (nSPS) is 16.7. The Morgan fingerprint density at radius 2 is 2.06 bits per heavy atom. The molecule has 0 bridgehead atoms. The van der Waals surface area contributed by atoms with E-state index in [-0.39, 0.29) is 17.4 Å². The molecular weight excluding hydrogens is 392 g/mol. The fourth-order valence-electron chi connectivity index (χ4n) is 4.67. The summed E-state index contributed by atoms with van der Waals surface area (Å²) in [5, 5.41) is 7.83. The van der Waals surface area contributed by atoms with Gasteiger partial charge in [-0.15, -0.1) is 0 Å². The van der Waals surface area contributed by atoms with Crippen LogP contribution in [-0.4, -0.2) is 40.2 Å². The molecule has 0 saturated carbocycles. The smallest absolute Gasteiger partial charge is 0.292 e. The van der Waals surface area contributed by atoms with Crippen LogP contribution in [0.2, 0.25) is 0 Å². The number of carbonyl (C=O) groups is 1. The lowest BCUT2D eigenvalue weighted by Gasteiger charge is -2.46. The molecule has 0 aliphatic carbocycles. The Balaban J connectivity index is 1.38. The Morgan fingerprint density at radius 3 is 2.77 bits per heavy atom. The van der Waals surface area contributed by atoms with Gasteiger partial charge in [0.25, 0.3) is 5.91 Å². The summed E-state index contributed by atoms with van der Waals surface area (Å²) in [6, 6.07) is 12.2. The second-order valence-corrected chi connectivity index (χ2v) is 8.65. The van der Waals surface area contributed by atoms with Gasteiger partial charge in [0, 0.05) is 37.1 Å². The molecule has 1 N–H and O–H groups in total. The lowest BCUT2D eigenvalue weighted by atomic mass is 9.82. The quantitative estimate of drug-likeness (QED) is 0.671. The van der Waals surface area contributed by atoms with Crippen LogP contribution >= 0.6 is 0 Å². The number of amides is 1. The molecule has 2 aliphatic heterocycles. The van der Waals surface area contributed by atoms with Crippen LogP contribution in [0, 0.1) is 0 Å². The van der Waals surface area contributed by atoms with Gasteiger partial charge in [-0.25, -0.2) is 0 Å². The van der Waals surface area contributed by atoms with Crippen LogP contribution in [0.15, 0.2) is 47.1 Å². The van der Waals surface area contributed by atoms with Crippen molar-refractivity contribution in [3.8, 4) is 11.4 Å². The zero-order valence-electron chi connectivity index (χ0n) is 18.2. The Bertz CT molecular complexity index is 1110. The maximum atomic E-state index is 13.0. The molecule has 1 spiro atoms. The zero-order chi connectivity index (χ0) is 21.6. The fraction of sp³-hybridized carbons (Fsp3) is 0.417. The van der Waals surface area contributed by atoms with Crippen LogP contribution in [0.4, 0.5) is 5.69 Å². The molecule has 0 atom stereocenters. The SMILES string of the molecule is CCOc1ccc2c(c1)NC1(CCN(C(=O)c3cc(C(C)C)no3)CC1)c1cccn1-2. The number of anilines is 1. The summed E-state index contributed by atoms with van der Waals surface area (Å²) in [7, 11) is 0. The molecule has 1 aromatic carbocycles. The minimum absolute atomic E-state index is 0.0838. The second kappa shape index (κ2) is 7.48. The first kappa shape index (κ1) is 19.7. The lowest BCUT2D eigenvalue weighted by Crippen LogP contribution is -2.51. The predicted molar refractivity (Wildman–Crippen MR) is 118 cm³/mol. The molecule has 2 aliphatic rings. The lowest BCUT2D eigenvalue weighted by molar-refractivity contribution is 0.0635. The van der Waals surface area contributed by atoms with Gasteiger partial charge in [0.15, 0.2) is 0 Å². The number of nitrogens with one attached hydrogen (secondary N) is 1. The number of ether oxygens (including phenoxy) is 1. The first-order valence-corrected chi connectivity index (χ1v) is 11.0. The summed E-state index contributed by atoms with van der Waals surface area (Å²) >= 11 is 0. The van der Waals surface area contributed by atoms with Crippen LogP contribution in [0.1, 0.15) is 61.5 Å². The van der Waals surface area contributed by atoms with Crippen LogP contribution in [0.25, 0.3) is 5.69 Å². The molecule has 1 saturated heterocycles. The van der Waals surface area contributed by atoms with Crippen molar-refractivity contribution in [1.29, 1.82) is 0 Å². The average molecular weight is 421 g/mol. The first-order chi connectivity index (χ1) is 15.0. The molecule has 0 radical (unpaired) electrons. The molecule has 4 heterocycles. The number of nitrogens with zero attached hydrogens (tertiary/aromatic N) is 3. The number of rotatable bonds is 4. The fourth-order valence-corrected chi connectivity index (χ4v) is 4.67. The summed E-state index contributed by atoms with van der Waals surface area (Å²) in [5.41, 5.74) is 4.01. The third-order valence-corrected chi connectivity index (χ3v) is 6.39. The van der Waals surface area contributed by atoms with Crippen molar-refractivity contribution in [2.24, 2.45) is 0 Å². The molecule has 3 aromatic rings. The molecule has 7 heteroatoms. The van der Waals surface area contributed by atoms with Crippen molar-refractivity contribution >= 4 is 11.6 Å². The minimum atomic E-state index is -0.220. The molecule has 31 heavy (non-hydrogen) atoms. The number of piperidine rings is 1. The second-order valence-electron chi connectivity index (χ2n) is 8.65. The highest BCUT2D eigenvalue weighted by molar-refractivity contribution is 5.91. The van der Waals surface area contributed by atoms with Crippen molar-refractivity contribution in [3.05, 3.63) is 59.7 Å². The average Bonchev–Trinajstić information content (AvgIpc) is 3.45. The van der Waals surface area contributed by atoms with E-state index in [1.807, 2.05) is 31.7 Å². The predicted octanol–water partition coefficient (Wildman–Crippen LogP) is 4.54. The van der Waals surface area contributed by atoms with E-state index in [0.29, 0.717) is 25.5 Å². The standard InChI is InChI=1S/C24H28N4O3/c1-4-30-17-7-8-20-19(14-17)25-24(22-6-5-11-28(20)22)9-12-27(13-10-24)23(29)21-15-18(16(2)3)26-31-21/h5-8,11,14-16,25H,4,9-10,12-13H2,1-3H3. The van der Waals surface area contributed by atoms with E-state index in [1.165, 1.54) is 5.69 Å². The molecule has 1 fully saturated rings. The van der Waals surface area contributed by atoms with E-state index < -0.39 is 0 Å². The van der Waals surface area contributed by atoms with Gasteiger partial charge in [-0.3, -0.25) is 4.79 Å². The highest BCUT2D eigenvalue weighted by atomic mass is 16.5. The van der Waals surface area contributed by atoms with E-state index in [4.69, 9.17) is 9.26 Å². The van der Waals surface area contributed by atoms with Gasteiger partial charge in [-0.2, -0.15) is 0 Å². The van der Waals surface area contributed by atoms with Gasteiger partial charge >= 0.3 is 0 Å². The largest absolute Gasteiger partial charge is 0.494 e. The molecule has 0 unspecified atom stereocenters. The maximum Gasteiger partial charge on any atom is 0.292 e. The summed E-state index contributed by atoms with van der Waals surface area (Å²) in [6.07, 6.45) is 3.73. The van der Waals surface area contributed by atoms with Crippen LogP contribution in [0.5, 0.6) is 5.75 Å². The van der Waals surface area contributed by atoms with Gasteiger partial charge in [0.1, 0.15) is 5.75 Å². The number of hydrogen-bond acceptors (Lipinski definition) is 5. The first-order valence-electron chi connectivity index (χ1n) is 11.0. The third-order valence-electron chi connectivity index (χ3n) is 6.39. The monoisotopic (exact) mass is 420 g/mol. The van der Waals surface area contributed by atoms with Gasteiger partial charge in [0.05, 0.1) is 29.2 Å². The van der Waals surface area contributed by atoms with Crippen molar-refractivity contribution in [2.75, 3.05) is 25.0 Å². The minimum Gasteiger partial charge on any atom is -0.494 e. The molecular formula is C24H28N4O3. The number of benzene rings is 1. The third kappa shape index (κ3) is 3.28. The van der Waals surface area contributed by atoms with Crippen molar-refractivity contribution in [3.63, 3.8) is 0 Å². The number of hydrogen-bond donors (Lipinski definition) is 1. The molecule has 7 nitrogen and oxygen atoms in total. The van der Waals surface area contributed by atoms with Gasteiger partial charge in [-0.1, -0.05) is 19.0 Å². The van der Waals surface area contributed by atoms with E-state index in [9.17, 15) is 4.79 Å². The Kier molecular flexibility index (Phi) is 4.76. The summed E-state index contributed by atoms with van der Waals surface area (Å²) in [5.74, 6) is 1.33. The Morgan fingerprint density at radius 1 is 1.26 bits per heavy atom. The summed E-state index contributed by atoms with van der Waals surface area (Å²) < 4.78 is 13.3. The van der Waals surface area contributed by atoms with Gasteiger partial charge in [0.2, 0.25) is 5.76 Å². The van der Waals surface area contributed by atoms with Crippen molar-refractivity contribution in [2.45, 2.75) is 45.1 Å².